The van der Waals surface area contributed by atoms with E-state index >= 15 is 0 Å². The van der Waals surface area contributed by atoms with Gasteiger partial charge in [-0.05, 0) is 83.0 Å². The summed E-state index contributed by atoms with van der Waals surface area (Å²) in [6.45, 7) is 8.78. The van der Waals surface area contributed by atoms with Crippen LogP contribution in [0.15, 0.2) is 79.9 Å². The van der Waals surface area contributed by atoms with Crippen LogP contribution in [0.2, 0.25) is 0 Å². The van der Waals surface area contributed by atoms with Gasteiger partial charge in [0.05, 0.1) is 0 Å². The lowest BCUT2D eigenvalue weighted by atomic mass is 9.84. The number of carbonyl (C=O) groups is 2. The molecule has 4 nitrogen and oxygen atoms in total. The van der Waals surface area contributed by atoms with Crippen LogP contribution >= 0.6 is 0 Å². The summed E-state index contributed by atoms with van der Waals surface area (Å²) in [6.07, 6.45) is 4.10. The summed E-state index contributed by atoms with van der Waals surface area (Å²) >= 11 is 0. The molecule has 0 fully saturated rings. The van der Waals surface area contributed by atoms with Gasteiger partial charge in [0.15, 0.2) is 0 Å². The summed E-state index contributed by atoms with van der Waals surface area (Å²) < 4.78 is 10.5. The van der Waals surface area contributed by atoms with E-state index in [1.54, 1.807) is 0 Å². The number of ether oxygens (including phenoxy) is 2. The van der Waals surface area contributed by atoms with Crippen molar-refractivity contribution in [3.63, 3.8) is 0 Å². The first-order valence-electron chi connectivity index (χ1n) is 10.0. The molecule has 1 aliphatic carbocycles. The van der Waals surface area contributed by atoms with E-state index in [0.29, 0.717) is 11.5 Å². The molecule has 0 amide bonds. The Morgan fingerprint density at radius 1 is 0.774 bits per heavy atom. The average molecular weight is 410 g/mol. The zero-order valence-electron chi connectivity index (χ0n) is 17.3. The highest BCUT2D eigenvalue weighted by Crippen LogP contribution is 2.38. The minimum Gasteiger partial charge on any atom is -0.423 e. The summed E-state index contributed by atoms with van der Waals surface area (Å²) in [5, 5.41) is 0. The number of aryl methyl sites for hydroxylation is 3. The quantitative estimate of drug-likeness (QED) is 0.312. The monoisotopic (exact) mass is 410 g/mol. The number of esters is 2. The molecule has 0 atom stereocenters. The van der Waals surface area contributed by atoms with E-state index in [9.17, 15) is 9.59 Å². The van der Waals surface area contributed by atoms with Crippen molar-refractivity contribution in [3.05, 3.63) is 96.6 Å². The van der Waals surface area contributed by atoms with Crippen molar-refractivity contribution in [2.75, 3.05) is 0 Å². The third-order valence-corrected chi connectivity index (χ3v) is 5.41. The van der Waals surface area contributed by atoms with Crippen LogP contribution in [-0.4, -0.2) is 11.9 Å². The average Bonchev–Trinajstić information content (AvgIpc) is 2.79. The molecule has 0 aliphatic heterocycles. The molecule has 0 saturated heterocycles. The van der Waals surface area contributed by atoms with E-state index < -0.39 is 11.9 Å². The van der Waals surface area contributed by atoms with Gasteiger partial charge in [-0.1, -0.05) is 43.5 Å². The third kappa shape index (κ3) is 4.19. The molecule has 3 aromatic carbocycles. The van der Waals surface area contributed by atoms with E-state index in [4.69, 9.17) is 9.47 Å². The number of hydrogen-bond acceptors (Lipinski definition) is 4. The third-order valence-electron chi connectivity index (χ3n) is 5.41. The normalized spacial score (nSPS) is 11.6. The maximum atomic E-state index is 11.5. The molecule has 4 rings (SSSR count). The molecule has 0 unspecified atom stereocenters. The van der Waals surface area contributed by atoms with Crippen LogP contribution < -0.4 is 9.47 Å². The van der Waals surface area contributed by atoms with Crippen molar-refractivity contribution in [2.24, 2.45) is 0 Å². The minimum absolute atomic E-state index is 0.457. The fraction of sp³-hybridized carbons (Fsp3) is 0.111. The summed E-state index contributed by atoms with van der Waals surface area (Å²) in [7, 11) is 0. The van der Waals surface area contributed by atoms with Crippen LogP contribution in [0.25, 0.3) is 22.3 Å². The number of rotatable bonds is 5. The second-order valence-electron chi connectivity index (χ2n) is 7.42. The van der Waals surface area contributed by atoms with Gasteiger partial charge < -0.3 is 9.47 Å². The number of benzene rings is 3. The van der Waals surface area contributed by atoms with Crippen LogP contribution in [0.1, 0.15) is 16.7 Å². The smallest absolute Gasteiger partial charge is 0.335 e. The standard InChI is InChI=1S/C27H22O4/c1-4-26(28)30-22-10-12-24-21(16-22)7-6-20-15-19(8-11-23(20)24)18-9-13-25(17(3)14-18)31-27(29)5-2/h4-5,8-16H,1-2,6-7H2,3H3. The molecule has 0 N–H and O–H groups in total. The van der Waals surface area contributed by atoms with Crippen molar-refractivity contribution in [1.82, 2.24) is 0 Å². The first kappa shape index (κ1) is 20.4. The summed E-state index contributed by atoms with van der Waals surface area (Å²) in [4.78, 5) is 22.9. The summed E-state index contributed by atoms with van der Waals surface area (Å²) in [6, 6.07) is 18.0. The van der Waals surface area contributed by atoms with Gasteiger partial charge >= 0.3 is 11.9 Å². The molecule has 31 heavy (non-hydrogen) atoms. The molecule has 0 heterocycles. The molecule has 154 valence electrons. The predicted molar refractivity (Wildman–Crippen MR) is 121 cm³/mol. The van der Waals surface area contributed by atoms with E-state index in [1.807, 2.05) is 43.3 Å². The largest absolute Gasteiger partial charge is 0.423 e. The van der Waals surface area contributed by atoms with E-state index in [2.05, 4.69) is 31.4 Å². The van der Waals surface area contributed by atoms with Gasteiger partial charge in [-0.15, -0.1) is 0 Å². The highest BCUT2D eigenvalue weighted by atomic mass is 16.5. The first-order valence-corrected chi connectivity index (χ1v) is 10.0. The van der Waals surface area contributed by atoms with Crippen molar-refractivity contribution in [3.8, 4) is 33.8 Å². The molecule has 1 aliphatic rings. The van der Waals surface area contributed by atoms with Gasteiger partial charge in [-0.2, -0.15) is 0 Å². The Labute approximate surface area is 181 Å². The molecule has 4 heteroatoms. The van der Waals surface area contributed by atoms with Crippen molar-refractivity contribution in [2.45, 2.75) is 19.8 Å². The van der Waals surface area contributed by atoms with Gasteiger partial charge in [0.2, 0.25) is 0 Å². The van der Waals surface area contributed by atoms with E-state index in [1.165, 1.54) is 16.7 Å². The van der Waals surface area contributed by atoms with Gasteiger partial charge in [-0.25, -0.2) is 9.59 Å². The van der Waals surface area contributed by atoms with Gasteiger partial charge in [-0.3, -0.25) is 0 Å². The zero-order valence-corrected chi connectivity index (χ0v) is 17.3. The highest BCUT2D eigenvalue weighted by molar-refractivity contribution is 5.85. The second kappa shape index (κ2) is 8.44. The van der Waals surface area contributed by atoms with Gasteiger partial charge in [0.1, 0.15) is 11.5 Å². The highest BCUT2D eigenvalue weighted by Gasteiger charge is 2.18. The molecule has 0 saturated carbocycles. The SMILES string of the molecule is C=CC(=O)Oc1ccc2c(c1)CCc1cc(-c3ccc(OC(=O)C=C)c(C)c3)ccc1-2. The number of carbonyl (C=O) groups excluding carboxylic acids is 2. The Bertz CT molecular complexity index is 1220. The molecule has 0 bridgehead atoms. The van der Waals surface area contributed by atoms with Gasteiger partial charge in [0, 0.05) is 12.2 Å². The lowest BCUT2D eigenvalue weighted by Gasteiger charge is -2.21. The first-order chi connectivity index (χ1) is 15.0. The summed E-state index contributed by atoms with van der Waals surface area (Å²) in [5.41, 5.74) is 7.87. The van der Waals surface area contributed by atoms with Crippen LogP contribution in [0, 0.1) is 6.92 Å². The maximum absolute atomic E-state index is 11.5. The summed E-state index contributed by atoms with van der Waals surface area (Å²) in [5.74, 6) is 0.150. The molecular weight excluding hydrogens is 388 g/mol. The van der Waals surface area contributed by atoms with Gasteiger partial charge in [0.25, 0.3) is 0 Å². The van der Waals surface area contributed by atoms with Crippen LogP contribution in [-0.2, 0) is 22.4 Å². The lowest BCUT2D eigenvalue weighted by Crippen LogP contribution is -2.07. The zero-order chi connectivity index (χ0) is 22.0. The molecular formula is C27H22O4. The predicted octanol–water partition coefficient (Wildman–Crippen LogP) is 5.61. The fourth-order valence-corrected chi connectivity index (χ4v) is 3.87. The molecule has 0 spiro atoms. The van der Waals surface area contributed by atoms with Crippen LogP contribution in [0.3, 0.4) is 0 Å². The Kier molecular flexibility index (Phi) is 5.54. The van der Waals surface area contributed by atoms with E-state index in [0.717, 1.165) is 47.2 Å². The molecule has 0 radical (unpaired) electrons. The number of fused-ring (bicyclic) bond motifs is 3. The van der Waals surface area contributed by atoms with Crippen molar-refractivity contribution < 1.29 is 19.1 Å². The van der Waals surface area contributed by atoms with E-state index in [-0.39, 0.29) is 0 Å². The van der Waals surface area contributed by atoms with Crippen LogP contribution in [0.4, 0.5) is 0 Å². The topological polar surface area (TPSA) is 52.6 Å². The maximum Gasteiger partial charge on any atom is 0.335 e. The van der Waals surface area contributed by atoms with Crippen LogP contribution in [0.5, 0.6) is 11.5 Å². The second-order valence-corrected chi connectivity index (χ2v) is 7.42. The van der Waals surface area contributed by atoms with Crippen molar-refractivity contribution >= 4 is 11.9 Å². The Morgan fingerprint density at radius 3 is 2.03 bits per heavy atom. The van der Waals surface area contributed by atoms with Crippen molar-refractivity contribution in [1.29, 1.82) is 0 Å². The number of hydrogen-bond donors (Lipinski definition) is 0. The Hall–Kier alpha value is -3.92. The Balaban J connectivity index is 1.63. The molecule has 0 aromatic heterocycles. The minimum atomic E-state index is -0.467. The Morgan fingerprint density at radius 2 is 1.35 bits per heavy atom. The lowest BCUT2D eigenvalue weighted by molar-refractivity contribution is -0.129. The fourth-order valence-electron chi connectivity index (χ4n) is 3.87. The molecule has 3 aromatic rings.